The van der Waals surface area contributed by atoms with E-state index in [-0.39, 0.29) is 17.6 Å². The lowest BCUT2D eigenvalue weighted by Gasteiger charge is -2.28. The third-order valence-corrected chi connectivity index (χ3v) is 5.23. The van der Waals surface area contributed by atoms with Gasteiger partial charge in [0.1, 0.15) is 5.65 Å². The summed E-state index contributed by atoms with van der Waals surface area (Å²) in [6.07, 6.45) is 1.87. The lowest BCUT2D eigenvalue weighted by Crippen LogP contribution is -2.45. The van der Waals surface area contributed by atoms with E-state index in [2.05, 4.69) is 9.88 Å². The molecule has 2 saturated heterocycles. The molecular weight excluding hydrogens is 339 g/mol. The van der Waals surface area contributed by atoms with Gasteiger partial charge in [-0.3, -0.25) is 14.1 Å². The first kappa shape index (κ1) is 17.4. The molecule has 8 heteroatoms. The van der Waals surface area contributed by atoms with E-state index in [0.29, 0.717) is 38.5 Å². The lowest BCUT2D eigenvalue weighted by atomic mass is 10.2. The third kappa shape index (κ3) is 3.08. The molecule has 2 aromatic heterocycles. The van der Waals surface area contributed by atoms with Crippen molar-refractivity contribution in [2.45, 2.75) is 25.5 Å². The highest BCUT2D eigenvalue weighted by atomic mass is 19.1. The first-order valence-corrected chi connectivity index (χ1v) is 8.98. The zero-order valence-electron chi connectivity index (χ0n) is 14.8. The van der Waals surface area contributed by atoms with Gasteiger partial charge in [0.2, 0.25) is 5.95 Å². The Hall–Kier alpha value is -2.03. The van der Waals surface area contributed by atoms with Gasteiger partial charge in [-0.25, -0.2) is 4.98 Å². The van der Waals surface area contributed by atoms with Crippen LogP contribution < -0.4 is 0 Å². The number of imidazole rings is 1. The Morgan fingerprint density at radius 1 is 1.31 bits per heavy atom. The SMILES string of the molecule is Cc1ccn2c(F)c(C(=O)N3CCCN([C@H]4COC[C@@H]4O)CC3)nc2c1. The summed E-state index contributed by atoms with van der Waals surface area (Å²) in [7, 11) is 0. The number of halogens is 1. The minimum absolute atomic E-state index is 0.0278. The molecule has 2 aromatic rings. The highest BCUT2D eigenvalue weighted by molar-refractivity contribution is 5.93. The molecule has 4 rings (SSSR count). The molecule has 4 heterocycles. The summed E-state index contributed by atoms with van der Waals surface area (Å²) in [5.74, 6) is -1.00. The number of ether oxygens (including phenoxy) is 1. The van der Waals surface area contributed by atoms with Crippen molar-refractivity contribution < 1.29 is 19.0 Å². The summed E-state index contributed by atoms with van der Waals surface area (Å²) in [5.41, 5.74) is 1.27. The van der Waals surface area contributed by atoms with Crippen LogP contribution in [0.2, 0.25) is 0 Å². The summed E-state index contributed by atoms with van der Waals surface area (Å²) in [5, 5.41) is 10.0. The van der Waals surface area contributed by atoms with Gasteiger partial charge in [0.15, 0.2) is 5.69 Å². The predicted molar refractivity (Wildman–Crippen MR) is 92.6 cm³/mol. The number of aromatic nitrogens is 2. The number of aryl methyl sites for hydroxylation is 1. The van der Waals surface area contributed by atoms with Gasteiger partial charge in [0.05, 0.1) is 25.4 Å². The second-order valence-electron chi connectivity index (χ2n) is 7.04. The molecule has 0 unspecified atom stereocenters. The molecular formula is C18H23FN4O3. The Morgan fingerprint density at radius 3 is 2.92 bits per heavy atom. The molecule has 0 aromatic carbocycles. The maximum Gasteiger partial charge on any atom is 0.277 e. The average Bonchev–Trinajstić information content (AvgIpc) is 3.08. The maximum atomic E-state index is 14.6. The van der Waals surface area contributed by atoms with Crippen LogP contribution in [0.5, 0.6) is 0 Å². The molecule has 2 atom stereocenters. The topological polar surface area (TPSA) is 70.3 Å². The maximum absolute atomic E-state index is 14.6. The van der Waals surface area contributed by atoms with E-state index in [1.54, 1.807) is 23.2 Å². The zero-order chi connectivity index (χ0) is 18.3. The zero-order valence-corrected chi connectivity index (χ0v) is 14.8. The quantitative estimate of drug-likeness (QED) is 0.851. The number of hydrogen-bond acceptors (Lipinski definition) is 5. The summed E-state index contributed by atoms with van der Waals surface area (Å²) >= 11 is 0. The Kier molecular flexibility index (Phi) is 4.64. The van der Waals surface area contributed by atoms with Gasteiger partial charge >= 0.3 is 0 Å². The monoisotopic (exact) mass is 362 g/mol. The van der Waals surface area contributed by atoms with E-state index in [4.69, 9.17) is 4.74 Å². The van der Waals surface area contributed by atoms with Crippen LogP contribution in [-0.2, 0) is 4.74 Å². The Morgan fingerprint density at radius 2 is 2.15 bits per heavy atom. The minimum Gasteiger partial charge on any atom is -0.389 e. The molecule has 2 fully saturated rings. The third-order valence-electron chi connectivity index (χ3n) is 5.23. The van der Waals surface area contributed by atoms with Crippen molar-refractivity contribution in [1.29, 1.82) is 0 Å². The predicted octanol–water partition coefficient (Wildman–Crippen LogP) is 0.689. The molecule has 0 saturated carbocycles. The summed E-state index contributed by atoms with van der Waals surface area (Å²) in [6.45, 7) is 5.20. The van der Waals surface area contributed by atoms with Crippen molar-refractivity contribution in [2.75, 3.05) is 39.4 Å². The number of pyridine rings is 1. The number of carbonyl (C=O) groups is 1. The number of rotatable bonds is 2. The van der Waals surface area contributed by atoms with Crippen molar-refractivity contribution in [2.24, 2.45) is 0 Å². The molecule has 2 aliphatic rings. The molecule has 0 aliphatic carbocycles. The van der Waals surface area contributed by atoms with Crippen LogP contribution in [0.25, 0.3) is 5.65 Å². The van der Waals surface area contributed by atoms with Gasteiger partial charge in [-0.2, -0.15) is 4.39 Å². The molecule has 7 nitrogen and oxygen atoms in total. The van der Waals surface area contributed by atoms with E-state index < -0.39 is 12.1 Å². The number of aliphatic hydroxyl groups excluding tert-OH is 1. The van der Waals surface area contributed by atoms with E-state index in [1.807, 2.05) is 6.92 Å². The van der Waals surface area contributed by atoms with Gasteiger partial charge in [0, 0.05) is 32.4 Å². The van der Waals surface area contributed by atoms with Crippen LogP contribution in [-0.4, -0.2) is 81.7 Å². The second kappa shape index (κ2) is 6.94. The normalized spacial score (nSPS) is 25.0. The van der Waals surface area contributed by atoms with Gasteiger partial charge < -0.3 is 14.7 Å². The summed E-state index contributed by atoms with van der Waals surface area (Å²) < 4.78 is 21.3. The fraction of sp³-hybridized carbons (Fsp3) is 0.556. The van der Waals surface area contributed by atoms with E-state index in [0.717, 1.165) is 18.5 Å². The van der Waals surface area contributed by atoms with Crippen molar-refractivity contribution in [3.05, 3.63) is 35.5 Å². The number of hydrogen-bond donors (Lipinski definition) is 1. The molecule has 2 aliphatic heterocycles. The Balaban J connectivity index is 1.51. The molecule has 0 radical (unpaired) electrons. The van der Waals surface area contributed by atoms with Crippen LogP contribution in [0.3, 0.4) is 0 Å². The largest absolute Gasteiger partial charge is 0.389 e. The number of aliphatic hydroxyl groups is 1. The van der Waals surface area contributed by atoms with Gasteiger partial charge in [0.25, 0.3) is 5.91 Å². The minimum atomic E-state index is -0.620. The van der Waals surface area contributed by atoms with Crippen molar-refractivity contribution >= 4 is 11.6 Å². The number of fused-ring (bicyclic) bond motifs is 1. The van der Waals surface area contributed by atoms with E-state index >= 15 is 0 Å². The first-order valence-electron chi connectivity index (χ1n) is 8.98. The van der Waals surface area contributed by atoms with Crippen LogP contribution in [0.1, 0.15) is 22.5 Å². The van der Waals surface area contributed by atoms with Crippen molar-refractivity contribution in [1.82, 2.24) is 19.2 Å². The molecule has 1 N–H and O–H groups in total. The van der Waals surface area contributed by atoms with Crippen LogP contribution in [0, 0.1) is 12.9 Å². The number of nitrogens with zero attached hydrogens (tertiary/aromatic N) is 4. The average molecular weight is 362 g/mol. The second-order valence-corrected chi connectivity index (χ2v) is 7.04. The van der Waals surface area contributed by atoms with Crippen molar-refractivity contribution in [3.8, 4) is 0 Å². The first-order chi connectivity index (χ1) is 12.5. The fourth-order valence-corrected chi connectivity index (χ4v) is 3.76. The molecule has 1 amide bonds. The van der Waals surface area contributed by atoms with E-state index in [1.165, 1.54) is 4.40 Å². The smallest absolute Gasteiger partial charge is 0.277 e. The van der Waals surface area contributed by atoms with Crippen LogP contribution in [0.4, 0.5) is 4.39 Å². The summed E-state index contributed by atoms with van der Waals surface area (Å²) in [6, 6.07) is 3.51. The van der Waals surface area contributed by atoms with Crippen molar-refractivity contribution in [3.63, 3.8) is 0 Å². The summed E-state index contributed by atoms with van der Waals surface area (Å²) in [4.78, 5) is 20.9. The molecule has 0 spiro atoms. The molecule has 0 bridgehead atoms. The highest BCUT2D eigenvalue weighted by Crippen LogP contribution is 2.18. The van der Waals surface area contributed by atoms with Gasteiger partial charge in [-0.05, 0) is 31.0 Å². The standard InChI is InChI=1S/C18H23FN4O3/c1-12-3-6-23-15(9-12)20-16(17(23)19)18(25)22-5-2-4-21(7-8-22)13-10-26-11-14(13)24/h3,6,9,13-14,24H,2,4-5,7-8,10-11H2,1H3/t13-,14-/m0/s1. The molecule has 26 heavy (non-hydrogen) atoms. The van der Waals surface area contributed by atoms with E-state index in [9.17, 15) is 14.3 Å². The Bertz CT molecular complexity index is 824. The number of amides is 1. The van der Waals surface area contributed by atoms with Crippen LogP contribution in [0.15, 0.2) is 18.3 Å². The van der Waals surface area contributed by atoms with Gasteiger partial charge in [-0.15, -0.1) is 0 Å². The lowest BCUT2D eigenvalue weighted by molar-refractivity contribution is 0.0716. The fourth-order valence-electron chi connectivity index (χ4n) is 3.76. The highest BCUT2D eigenvalue weighted by Gasteiger charge is 2.34. The number of carbonyl (C=O) groups excluding carboxylic acids is 1. The van der Waals surface area contributed by atoms with Gasteiger partial charge in [-0.1, -0.05) is 0 Å². The molecule has 140 valence electrons. The Labute approximate surface area is 151 Å². The van der Waals surface area contributed by atoms with Crippen LogP contribution >= 0.6 is 0 Å².